The van der Waals surface area contributed by atoms with Crippen LogP contribution in [0.1, 0.15) is 35.7 Å². The van der Waals surface area contributed by atoms with Gasteiger partial charge in [-0.3, -0.25) is 9.69 Å². The molecular formula is C22H28N4O3S. The van der Waals surface area contributed by atoms with Gasteiger partial charge in [-0.1, -0.05) is 37.3 Å². The van der Waals surface area contributed by atoms with E-state index in [4.69, 9.17) is 0 Å². The van der Waals surface area contributed by atoms with Crippen LogP contribution < -0.4 is 5.32 Å². The van der Waals surface area contributed by atoms with Crippen LogP contribution in [-0.2, 0) is 21.2 Å². The second-order valence-corrected chi connectivity index (χ2v) is 10.0. The quantitative estimate of drug-likeness (QED) is 0.731. The third-order valence-corrected chi connectivity index (χ3v) is 7.61. The minimum Gasteiger partial charge on any atom is -0.326 e. The van der Waals surface area contributed by atoms with Crippen LogP contribution in [0.15, 0.2) is 30.3 Å². The first-order valence-electron chi connectivity index (χ1n) is 10.1. The second kappa shape index (κ2) is 9.02. The summed E-state index contributed by atoms with van der Waals surface area (Å²) in [5.74, 6) is 0.522. The Balaban J connectivity index is 1.82. The van der Waals surface area contributed by atoms with Crippen LogP contribution in [0.2, 0.25) is 0 Å². The van der Waals surface area contributed by atoms with Crippen LogP contribution in [0.5, 0.6) is 0 Å². The van der Waals surface area contributed by atoms with Crippen molar-refractivity contribution in [3.63, 3.8) is 0 Å². The molecule has 1 aromatic heterocycles. The molecule has 0 spiro atoms. The molecule has 1 aliphatic heterocycles. The number of hydrogen-bond acceptors (Lipinski definition) is 5. The van der Waals surface area contributed by atoms with Crippen molar-refractivity contribution in [3.05, 3.63) is 52.7 Å². The molecule has 3 rings (SSSR count). The summed E-state index contributed by atoms with van der Waals surface area (Å²) in [7, 11) is -3.02. The van der Waals surface area contributed by atoms with Crippen LogP contribution in [-0.4, -0.2) is 54.4 Å². The lowest BCUT2D eigenvalue weighted by molar-refractivity contribution is -0.117. The smallest absolute Gasteiger partial charge is 0.239 e. The van der Waals surface area contributed by atoms with Gasteiger partial charge in [0.2, 0.25) is 5.91 Å². The van der Waals surface area contributed by atoms with Crippen LogP contribution in [0.4, 0.5) is 5.82 Å². The van der Waals surface area contributed by atoms with Crippen molar-refractivity contribution in [2.24, 2.45) is 0 Å². The molecule has 2 aromatic rings. The van der Waals surface area contributed by atoms with Gasteiger partial charge in [0.25, 0.3) is 0 Å². The van der Waals surface area contributed by atoms with Crippen molar-refractivity contribution >= 4 is 21.6 Å². The van der Waals surface area contributed by atoms with Crippen LogP contribution >= 0.6 is 0 Å². The van der Waals surface area contributed by atoms with Gasteiger partial charge >= 0.3 is 0 Å². The van der Waals surface area contributed by atoms with Crippen molar-refractivity contribution in [3.8, 4) is 6.07 Å². The van der Waals surface area contributed by atoms with Crippen molar-refractivity contribution in [2.75, 3.05) is 29.9 Å². The number of aromatic nitrogens is 1. The number of rotatable bonds is 7. The molecule has 0 unspecified atom stereocenters. The van der Waals surface area contributed by atoms with E-state index in [-0.39, 0.29) is 30.0 Å². The Morgan fingerprint density at radius 1 is 1.30 bits per heavy atom. The zero-order valence-corrected chi connectivity index (χ0v) is 18.5. The fraction of sp³-hybridized carbons (Fsp3) is 0.455. The van der Waals surface area contributed by atoms with E-state index in [1.807, 2.05) is 60.6 Å². The van der Waals surface area contributed by atoms with E-state index >= 15 is 0 Å². The molecule has 1 saturated heterocycles. The minimum atomic E-state index is -3.02. The molecule has 1 aromatic carbocycles. The number of nitrogens with one attached hydrogen (secondary N) is 1. The SMILES string of the molecule is CCN(CC(=O)Nc1c(C#N)c(C)c(C)n1Cc1ccccc1)[C@@H]1CCS(=O)(=O)C1. The Hall–Kier alpha value is -2.63. The molecule has 1 fully saturated rings. The highest BCUT2D eigenvalue weighted by Gasteiger charge is 2.32. The van der Waals surface area contributed by atoms with Gasteiger partial charge in [0.15, 0.2) is 9.84 Å². The van der Waals surface area contributed by atoms with E-state index in [9.17, 15) is 18.5 Å². The summed E-state index contributed by atoms with van der Waals surface area (Å²) in [5, 5.41) is 12.6. The Kier molecular flexibility index (Phi) is 6.64. The van der Waals surface area contributed by atoms with Gasteiger partial charge in [-0.25, -0.2) is 8.42 Å². The van der Waals surface area contributed by atoms with E-state index in [1.165, 1.54) is 0 Å². The number of likely N-dealkylation sites (N-methyl/N-ethyl adjacent to an activating group) is 1. The Morgan fingerprint density at radius 2 is 2.00 bits per heavy atom. The molecule has 0 saturated carbocycles. The Labute approximate surface area is 178 Å². The van der Waals surface area contributed by atoms with Crippen molar-refractivity contribution in [2.45, 2.75) is 39.8 Å². The minimum absolute atomic E-state index is 0.0934. The van der Waals surface area contributed by atoms with Crippen molar-refractivity contribution in [1.82, 2.24) is 9.47 Å². The number of hydrogen-bond donors (Lipinski definition) is 1. The highest BCUT2D eigenvalue weighted by Crippen LogP contribution is 2.27. The molecule has 1 aliphatic rings. The van der Waals surface area contributed by atoms with Crippen molar-refractivity contribution in [1.29, 1.82) is 5.26 Å². The van der Waals surface area contributed by atoms with Crippen LogP contribution in [0.3, 0.4) is 0 Å². The molecule has 0 aliphatic carbocycles. The molecule has 1 amide bonds. The number of benzene rings is 1. The molecule has 160 valence electrons. The molecule has 7 nitrogen and oxygen atoms in total. The van der Waals surface area contributed by atoms with E-state index in [0.717, 1.165) is 16.8 Å². The largest absolute Gasteiger partial charge is 0.326 e. The van der Waals surface area contributed by atoms with Gasteiger partial charge in [-0.2, -0.15) is 5.26 Å². The molecule has 1 atom stereocenters. The number of carbonyl (C=O) groups is 1. The van der Waals surface area contributed by atoms with Gasteiger partial charge in [0.1, 0.15) is 11.9 Å². The Bertz CT molecular complexity index is 1070. The zero-order chi connectivity index (χ0) is 21.9. The van der Waals surface area contributed by atoms with E-state index in [0.29, 0.717) is 30.9 Å². The first-order valence-corrected chi connectivity index (χ1v) is 12.0. The normalized spacial score (nSPS) is 17.8. The number of sulfone groups is 1. The highest BCUT2D eigenvalue weighted by molar-refractivity contribution is 7.91. The lowest BCUT2D eigenvalue weighted by Gasteiger charge is -2.26. The van der Waals surface area contributed by atoms with Crippen molar-refractivity contribution < 1.29 is 13.2 Å². The topological polar surface area (TPSA) is 95.2 Å². The number of carbonyl (C=O) groups excluding carboxylic acids is 1. The van der Waals surface area contributed by atoms with Gasteiger partial charge in [-0.05, 0) is 37.9 Å². The molecular weight excluding hydrogens is 400 g/mol. The molecule has 0 bridgehead atoms. The summed E-state index contributed by atoms with van der Waals surface area (Å²) in [6.07, 6.45) is 0.551. The molecule has 0 radical (unpaired) electrons. The average Bonchev–Trinajstić information content (AvgIpc) is 3.18. The molecule has 30 heavy (non-hydrogen) atoms. The first-order chi connectivity index (χ1) is 14.3. The summed E-state index contributed by atoms with van der Waals surface area (Å²) < 4.78 is 25.6. The fourth-order valence-corrected chi connectivity index (χ4v) is 5.77. The maximum atomic E-state index is 12.9. The summed E-state index contributed by atoms with van der Waals surface area (Å²) in [4.78, 5) is 14.8. The van der Waals surface area contributed by atoms with E-state index in [2.05, 4.69) is 11.4 Å². The number of nitriles is 1. The second-order valence-electron chi connectivity index (χ2n) is 7.79. The third-order valence-electron chi connectivity index (χ3n) is 5.86. The summed E-state index contributed by atoms with van der Waals surface area (Å²) in [5.41, 5.74) is 3.31. The standard InChI is InChI=1S/C22H28N4O3S/c1-4-25(19-10-11-30(28,29)15-19)14-21(27)24-22-20(12-23)16(2)17(3)26(22)13-18-8-6-5-7-9-18/h5-9,19H,4,10-11,13-15H2,1-3H3,(H,24,27)/t19-/m1/s1. The first kappa shape index (κ1) is 22.1. The van der Waals surface area contributed by atoms with Gasteiger partial charge in [-0.15, -0.1) is 0 Å². The molecule has 8 heteroatoms. The predicted octanol–water partition coefficient (Wildman–Crippen LogP) is 2.47. The third kappa shape index (κ3) is 4.74. The molecule has 2 heterocycles. The highest BCUT2D eigenvalue weighted by atomic mass is 32.2. The molecule has 1 N–H and O–H groups in total. The summed E-state index contributed by atoms with van der Waals surface area (Å²) in [6.45, 7) is 6.97. The van der Waals surface area contributed by atoms with Crippen LogP contribution in [0, 0.1) is 25.2 Å². The summed E-state index contributed by atoms with van der Waals surface area (Å²) >= 11 is 0. The fourth-order valence-electron chi connectivity index (χ4n) is 4.01. The monoisotopic (exact) mass is 428 g/mol. The summed E-state index contributed by atoms with van der Waals surface area (Å²) in [6, 6.07) is 12.0. The Morgan fingerprint density at radius 3 is 2.57 bits per heavy atom. The maximum absolute atomic E-state index is 12.9. The lowest BCUT2D eigenvalue weighted by Crippen LogP contribution is -2.41. The lowest BCUT2D eigenvalue weighted by atomic mass is 10.2. The van der Waals surface area contributed by atoms with E-state index < -0.39 is 9.84 Å². The van der Waals surface area contributed by atoms with Crippen LogP contribution in [0.25, 0.3) is 0 Å². The average molecular weight is 429 g/mol. The van der Waals surface area contributed by atoms with Gasteiger partial charge < -0.3 is 9.88 Å². The zero-order valence-electron chi connectivity index (χ0n) is 17.7. The van der Waals surface area contributed by atoms with E-state index in [1.54, 1.807) is 0 Å². The van der Waals surface area contributed by atoms with Gasteiger partial charge in [0, 0.05) is 18.3 Å². The maximum Gasteiger partial charge on any atom is 0.239 e. The number of amides is 1. The number of anilines is 1. The number of nitrogens with zero attached hydrogens (tertiary/aromatic N) is 3. The predicted molar refractivity (Wildman–Crippen MR) is 117 cm³/mol. The van der Waals surface area contributed by atoms with Gasteiger partial charge in [0.05, 0.1) is 23.6 Å².